The van der Waals surface area contributed by atoms with Crippen molar-refractivity contribution in [3.8, 4) is 0 Å². The van der Waals surface area contributed by atoms with E-state index in [4.69, 9.17) is 23.2 Å². The Balaban J connectivity index is 2.27. The van der Waals surface area contributed by atoms with E-state index in [1.807, 2.05) is 25.1 Å². The SMILES string of the molecule is CC(Nc1c(F)cccc1Cl)c1ccccc1Cl. The van der Waals surface area contributed by atoms with Gasteiger partial charge in [-0.25, -0.2) is 4.39 Å². The van der Waals surface area contributed by atoms with Gasteiger partial charge in [-0.3, -0.25) is 0 Å². The topological polar surface area (TPSA) is 12.0 Å². The van der Waals surface area contributed by atoms with Crippen molar-refractivity contribution in [3.63, 3.8) is 0 Å². The lowest BCUT2D eigenvalue weighted by molar-refractivity contribution is 0.627. The van der Waals surface area contributed by atoms with Crippen LogP contribution in [-0.4, -0.2) is 0 Å². The molecule has 0 saturated heterocycles. The van der Waals surface area contributed by atoms with E-state index in [1.54, 1.807) is 18.2 Å². The molecule has 0 heterocycles. The quantitative estimate of drug-likeness (QED) is 0.805. The average molecular weight is 284 g/mol. The molecular formula is C14H12Cl2FN. The summed E-state index contributed by atoms with van der Waals surface area (Å²) in [4.78, 5) is 0. The second-order valence-electron chi connectivity index (χ2n) is 3.98. The summed E-state index contributed by atoms with van der Waals surface area (Å²) in [6.45, 7) is 1.91. The Bertz CT molecular complexity index is 537. The molecule has 0 aliphatic heterocycles. The summed E-state index contributed by atoms with van der Waals surface area (Å²) in [5.41, 5.74) is 1.20. The highest BCUT2D eigenvalue weighted by atomic mass is 35.5. The van der Waals surface area contributed by atoms with E-state index in [2.05, 4.69) is 5.32 Å². The second kappa shape index (κ2) is 5.59. The van der Waals surface area contributed by atoms with Crippen LogP contribution in [0.25, 0.3) is 0 Å². The number of nitrogens with one attached hydrogen (secondary N) is 1. The smallest absolute Gasteiger partial charge is 0.147 e. The van der Waals surface area contributed by atoms with Crippen LogP contribution in [0, 0.1) is 5.82 Å². The summed E-state index contributed by atoms with van der Waals surface area (Å²) < 4.78 is 13.6. The van der Waals surface area contributed by atoms with Crippen LogP contribution in [0.2, 0.25) is 10.0 Å². The molecule has 1 nitrogen and oxygen atoms in total. The molecule has 1 N–H and O–H groups in total. The molecule has 0 radical (unpaired) electrons. The van der Waals surface area contributed by atoms with E-state index in [0.717, 1.165) is 5.56 Å². The third-order valence-electron chi connectivity index (χ3n) is 2.70. The zero-order valence-electron chi connectivity index (χ0n) is 9.75. The first-order chi connectivity index (χ1) is 8.59. The van der Waals surface area contributed by atoms with Crippen LogP contribution < -0.4 is 5.32 Å². The van der Waals surface area contributed by atoms with Crippen molar-refractivity contribution in [1.82, 2.24) is 0 Å². The lowest BCUT2D eigenvalue weighted by Gasteiger charge is -2.18. The Morgan fingerprint density at radius 3 is 2.33 bits per heavy atom. The van der Waals surface area contributed by atoms with Crippen molar-refractivity contribution in [2.24, 2.45) is 0 Å². The van der Waals surface area contributed by atoms with Crippen LogP contribution in [0.4, 0.5) is 10.1 Å². The largest absolute Gasteiger partial charge is 0.375 e. The molecule has 2 aromatic carbocycles. The van der Waals surface area contributed by atoms with Crippen LogP contribution in [0.1, 0.15) is 18.5 Å². The number of benzene rings is 2. The third-order valence-corrected chi connectivity index (χ3v) is 3.35. The van der Waals surface area contributed by atoms with Gasteiger partial charge >= 0.3 is 0 Å². The van der Waals surface area contributed by atoms with E-state index in [9.17, 15) is 4.39 Å². The van der Waals surface area contributed by atoms with Gasteiger partial charge in [0.1, 0.15) is 5.82 Å². The highest BCUT2D eigenvalue weighted by Crippen LogP contribution is 2.30. The fourth-order valence-electron chi connectivity index (χ4n) is 1.76. The molecule has 2 rings (SSSR count). The molecule has 18 heavy (non-hydrogen) atoms. The first-order valence-corrected chi connectivity index (χ1v) is 6.30. The first kappa shape index (κ1) is 13.2. The molecule has 0 aliphatic carbocycles. The Labute approximate surface area is 116 Å². The van der Waals surface area contributed by atoms with Crippen LogP contribution in [0.15, 0.2) is 42.5 Å². The summed E-state index contributed by atoms with van der Waals surface area (Å²) in [6.07, 6.45) is 0. The van der Waals surface area contributed by atoms with Crippen molar-refractivity contribution in [3.05, 3.63) is 63.9 Å². The molecular weight excluding hydrogens is 272 g/mol. The molecule has 1 unspecified atom stereocenters. The summed E-state index contributed by atoms with van der Waals surface area (Å²) >= 11 is 12.1. The number of hydrogen-bond donors (Lipinski definition) is 1. The molecule has 0 aromatic heterocycles. The number of rotatable bonds is 3. The van der Waals surface area contributed by atoms with Gasteiger partial charge in [-0.2, -0.15) is 0 Å². The lowest BCUT2D eigenvalue weighted by Crippen LogP contribution is -2.08. The van der Waals surface area contributed by atoms with Gasteiger partial charge in [-0.05, 0) is 30.7 Å². The van der Waals surface area contributed by atoms with Gasteiger partial charge in [0.25, 0.3) is 0 Å². The molecule has 4 heteroatoms. The van der Waals surface area contributed by atoms with Gasteiger partial charge < -0.3 is 5.32 Å². The lowest BCUT2D eigenvalue weighted by atomic mass is 10.1. The Morgan fingerprint density at radius 1 is 1.00 bits per heavy atom. The number of para-hydroxylation sites is 1. The van der Waals surface area contributed by atoms with E-state index < -0.39 is 0 Å². The number of hydrogen-bond acceptors (Lipinski definition) is 1. The first-order valence-electron chi connectivity index (χ1n) is 5.54. The second-order valence-corrected chi connectivity index (χ2v) is 4.80. The van der Waals surface area contributed by atoms with E-state index >= 15 is 0 Å². The highest BCUT2D eigenvalue weighted by Gasteiger charge is 2.13. The minimum Gasteiger partial charge on any atom is -0.375 e. The zero-order valence-corrected chi connectivity index (χ0v) is 11.3. The maximum absolute atomic E-state index is 13.6. The van der Waals surface area contributed by atoms with Gasteiger partial charge in [-0.15, -0.1) is 0 Å². The molecule has 94 valence electrons. The van der Waals surface area contributed by atoms with Crippen LogP contribution in [-0.2, 0) is 0 Å². The Morgan fingerprint density at radius 2 is 1.67 bits per heavy atom. The minimum absolute atomic E-state index is 0.131. The molecule has 0 aliphatic rings. The number of halogens is 3. The fraction of sp³-hybridized carbons (Fsp3) is 0.143. The zero-order chi connectivity index (χ0) is 13.1. The maximum Gasteiger partial charge on any atom is 0.147 e. The summed E-state index contributed by atoms with van der Waals surface area (Å²) in [5.74, 6) is -0.374. The minimum atomic E-state index is -0.374. The van der Waals surface area contributed by atoms with Crippen LogP contribution >= 0.6 is 23.2 Å². The van der Waals surface area contributed by atoms with E-state index in [1.165, 1.54) is 6.07 Å². The summed E-state index contributed by atoms with van der Waals surface area (Å²) in [6, 6.07) is 11.9. The van der Waals surface area contributed by atoms with Gasteiger partial charge in [0.05, 0.1) is 16.8 Å². The Kier molecular flexibility index (Phi) is 4.10. The number of anilines is 1. The molecule has 0 amide bonds. The van der Waals surface area contributed by atoms with Crippen LogP contribution in [0.3, 0.4) is 0 Å². The van der Waals surface area contributed by atoms with Gasteiger partial charge in [0.2, 0.25) is 0 Å². The van der Waals surface area contributed by atoms with E-state index in [0.29, 0.717) is 15.7 Å². The fourth-order valence-corrected chi connectivity index (χ4v) is 2.27. The molecule has 0 spiro atoms. The highest BCUT2D eigenvalue weighted by molar-refractivity contribution is 6.33. The molecule has 2 aromatic rings. The third kappa shape index (κ3) is 2.77. The van der Waals surface area contributed by atoms with Gasteiger partial charge in [0, 0.05) is 5.02 Å². The summed E-state index contributed by atoms with van der Waals surface area (Å²) in [7, 11) is 0. The molecule has 0 fully saturated rings. The molecule has 0 bridgehead atoms. The Hall–Kier alpha value is -1.25. The van der Waals surface area contributed by atoms with Gasteiger partial charge in [-0.1, -0.05) is 47.5 Å². The van der Waals surface area contributed by atoms with E-state index in [-0.39, 0.29) is 11.9 Å². The molecule has 1 atom stereocenters. The monoisotopic (exact) mass is 283 g/mol. The standard InChI is InChI=1S/C14H12Cl2FN/c1-9(10-5-2-3-6-11(10)15)18-14-12(16)7-4-8-13(14)17/h2-9,18H,1H3. The summed E-state index contributed by atoms with van der Waals surface area (Å²) in [5, 5.41) is 4.04. The molecule has 0 saturated carbocycles. The predicted octanol–water partition coefficient (Wildman–Crippen LogP) is 5.31. The van der Waals surface area contributed by atoms with Gasteiger partial charge in [0.15, 0.2) is 0 Å². The predicted molar refractivity (Wildman–Crippen MR) is 74.9 cm³/mol. The average Bonchev–Trinajstić information content (AvgIpc) is 2.34. The van der Waals surface area contributed by atoms with Crippen LogP contribution in [0.5, 0.6) is 0 Å². The maximum atomic E-state index is 13.6. The van der Waals surface area contributed by atoms with Crippen molar-refractivity contribution >= 4 is 28.9 Å². The van der Waals surface area contributed by atoms with Crippen molar-refractivity contribution in [2.45, 2.75) is 13.0 Å². The van der Waals surface area contributed by atoms with Crippen molar-refractivity contribution in [1.29, 1.82) is 0 Å². The normalized spacial score (nSPS) is 12.2. The van der Waals surface area contributed by atoms with Crippen molar-refractivity contribution in [2.75, 3.05) is 5.32 Å². The van der Waals surface area contributed by atoms with Crippen molar-refractivity contribution < 1.29 is 4.39 Å².